The van der Waals surface area contributed by atoms with Crippen LogP contribution in [0.4, 0.5) is 5.69 Å². The van der Waals surface area contributed by atoms with Gasteiger partial charge in [0.05, 0.1) is 42.7 Å². The SMILES string of the molecule is O=C(Cc1ccc2[nH]c(-c3ncc(NC(=O)[C@@H]4CCCN4C(=O)Cc4ccccc4)cn3)cc2c1)[C@@H]1CCCN1C(=O)Cc1ccccc1. The van der Waals surface area contributed by atoms with E-state index in [1.54, 1.807) is 22.2 Å². The number of benzene rings is 3. The van der Waals surface area contributed by atoms with Crippen molar-refractivity contribution in [3.05, 3.63) is 114 Å². The summed E-state index contributed by atoms with van der Waals surface area (Å²) in [6, 6.07) is 26.1. The van der Waals surface area contributed by atoms with Gasteiger partial charge in [0.25, 0.3) is 0 Å². The fourth-order valence-corrected chi connectivity index (χ4v) is 6.97. The van der Waals surface area contributed by atoms with Crippen LogP contribution < -0.4 is 5.32 Å². The highest BCUT2D eigenvalue weighted by atomic mass is 16.2. The second-order valence-corrected chi connectivity index (χ2v) is 12.8. The molecule has 49 heavy (non-hydrogen) atoms. The number of fused-ring (bicyclic) bond motifs is 1. The Balaban J connectivity index is 0.967. The quantitative estimate of drug-likeness (QED) is 0.215. The zero-order valence-corrected chi connectivity index (χ0v) is 27.2. The number of hydrogen-bond acceptors (Lipinski definition) is 6. The Morgan fingerprint density at radius 2 is 1.29 bits per heavy atom. The van der Waals surface area contributed by atoms with E-state index in [4.69, 9.17) is 0 Å². The third kappa shape index (κ3) is 7.28. The van der Waals surface area contributed by atoms with E-state index >= 15 is 0 Å². The topological polar surface area (TPSA) is 128 Å². The first-order valence-electron chi connectivity index (χ1n) is 16.9. The lowest BCUT2D eigenvalue weighted by atomic mass is 10.0. The molecule has 10 heteroatoms. The maximum Gasteiger partial charge on any atom is 0.247 e. The van der Waals surface area contributed by atoms with Crippen molar-refractivity contribution in [2.24, 2.45) is 0 Å². The van der Waals surface area contributed by atoms with Crippen LogP contribution in [0.3, 0.4) is 0 Å². The minimum atomic E-state index is -0.530. The summed E-state index contributed by atoms with van der Waals surface area (Å²) in [5.41, 5.74) is 4.80. The molecule has 3 aromatic carbocycles. The molecule has 0 bridgehead atoms. The highest BCUT2D eigenvalue weighted by Crippen LogP contribution is 2.26. The second kappa shape index (κ2) is 14.2. The summed E-state index contributed by atoms with van der Waals surface area (Å²) in [7, 11) is 0. The maximum atomic E-state index is 13.4. The van der Waals surface area contributed by atoms with Crippen LogP contribution in [0.15, 0.2) is 97.3 Å². The van der Waals surface area contributed by atoms with Crippen molar-refractivity contribution in [2.45, 2.75) is 57.0 Å². The Morgan fingerprint density at radius 1 is 0.694 bits per heavy atom. The van der Waals surface area contributed by atoms with E-state index in [1.807, 2.05) is 84.9 Å². The molecule has 0 saturated carbocycles. The van der Waals surface area contributed by atoms with Crippen LogP contribution in [0, 0.1) is 0 Å². The monoisotopic (exact) mass is 654 g/mol. The minimum absolute atomic E-state index is 0.00666. The highest BCUT2D eigenvalue weighted by Gasteiger charge is 2.35. The van der Waals surface area contributed by atoms with Crippen LogP contribution in [0.5, 0.6) is 0 Å². The van der Waals surface area contributed by atoms with Gasteiger partial charge in [-0.25, -0.2) is 9.97 Å². The number of nitrogens with zero attached hydrogens (tertiary/aromatic N) is 4. The number of H-pyrrole nitrogens is 1. The van der Waals surface area contributed by atoms with Crippen molar-refractivity contribution < 1.29 is 19.2 Å². The molecule has 0 unspecified atom stereocenters. The molecule has 2 atom stereocenters. The number of rotatable bonds is 10. The first kappa shape index (κ1) is 31.9. The molecule has 4 heterocycles. The summed E-state index contributed by atoms with van der Waals surface area (Å²) in [4.78, 5) is 68.3. The van der Waals surface area contributed by atoms with E-state index in [-0.39, 0.29) is 36.3 Å². The van der Waals surface area contributed by atoms with Crippen molar-refractivity contribution >= 4 is 40.1 Å². The van der Waals surface area contributed by atoms with Crippen LogP contribution in [-0.2, 0) is 38.4 Å². The Morgan fingerprint density at radius 3 is 1.92 bits per heavy atom. The molecule has 2 fully saturated rings. The molecule has 2 N–H and O–H groups in total. The Bertz CT molecular complexity index is 1980. The van der Waals surface area contributed by atoms with Crippen molar-refractivity contribution in [2.75, 3.05) is 18.4 Å². The van der Waals surface area contributed by atoms with E-state index in [2.05, 4.69) is 20.3 Å². The molecule has 10 nitrogen and oxygen atoms in total. The smallest absolute Gasteiger partial charge is 0.247 e. The molecule has 0 aliphatic carbocycles. The number of aromatic nitrogens is 3. The van der Waals surface area contributed by atoms with Crippen LogP contribution in [0.1, 0.15) is 42.4 Å². The van der Waals surface area contributed by atoms with E-state index in [0.717, 1.165) is 40.4 Å². The lowest BCUT2D eigenvalue weighted by Gasteiger charge is -2.24. The standard InChI is InChI=1S/C39H38N6O4/c46-35(33-13-7-17-44(33)36(47)21-26-9-3-1-4-10-26)20-28-15-16-31-29(19-28)23-32(43-31)38-40-24-30(25-41-38)42-39(49)34-14-8-18-45(34)37(48)22-27-11-5-2-6-12-27/h1-6,9-12,15-16,19,23-25,33-34,43H,7-8,13-14,17-18,20-22H2,(H,42,49)/t33-,34-/m0/s1. The highest BCUT2D eigenvalue weighted by molar-refractivity contribution is 5.98. The van der Waals surface area contributed by atoms with Crippen LogP contribution in [0.25, 0.3) is 22.4 Å². The third-order valence-electron chi connectivity index (χ3n) is 9.44. The molecule has 0 spiro atoms. The largest absolute Gasteiger partial charge is 0.352 e. The van der Waals surface area contributed by atoms with E-state index in [9.17, 15) is 19.2 Å². The number of carbonyl (C=O) groups excluding carboxylic acids is 4. The molecule has 3 amide bonds. The zero-order chi connectivity index (χ0) is 33.7. The average molecular weight is 655 g/mol. The van der Waals surface area contributed by atoms with E-state index in [1.165, 1.54) is 0 Å². The summed E-state index contributed by atoms with van der Waals surface area (Å²) < 4.78 is 0. The molecule has 2 saturated heterocycles. The van der Waals surface area contributed by atoms with E-state index in [0.29, 0.717) is 49.6 Å². The summed E-state index contributed by atoms with van der Waals surface area (Å²) in [6.07, 6.45) is 6.84. The Kier molecular flexibility index (Phi) is 9.27. The predicted molar refractivity (Wildman–Crippen MR) is 186 cm³/mol. The van der Waals surface area contributed by atoms with E-state index < -0.39 is 12.1 Å². The van der Waals surface area contributed by atoms with Crippen LogP contribution in [0.2, 0.25) is 0 Å². The molecule has 5 aromatic rings. The van der Waals surface area contributed by atoms with Gasteiger partial charge in [-0.3, -0.25) is 19.2 Å². The number of Topliss-reactive ketones (excluding diaryl/α,β-unsaturated/α-hetero) is 1. The van der Waals surface area contributed by atoms with Gasteiger partial charge >= 0.3 is 0 Å². The summed E-state index contributed by atoms with van der Waals surface area (Å²) in [5, 5.41) is 3.81. The number of likely N-dealkylation sites (tertiary alicyclic amines) is 2. The number of carbonyl (C=O) groups is 4. The Hall–Kier alpha value is -5.64. The fourth-order valence-electron chi connectivity index (χ4n) is 6.97. The number of anilines is 1. The van der Waals surface area contributed by atoms with Gasteiger partial charge < -0.3 is 20.1 Å². The minimum Gasteiger partial charge on any atom is -0.352 e. The lowest BCUT2D eigenvalue weighted by molar-refractivity contribution is -0.136. The Labute approximate surface area is 284 Å². The molecule has 2 aliphatic heterocycles. The number of ketones is 1. The third-order valence-corrected chi connectivity index (χ3v) is 9.44. The predicted octanol–water partition coefficient (Wildman–Crippen LogP) is 5.14. The number of aromatic amines is 1. The number of nitrogens with one attached hydrogen (secondary N) is 2. The molecule has 2 aromatic heterocycles. The van der Waals surface area contributed by atoms with Crippen LogP contribution >= 0.6 is 0 Å². The van der Waals surface area contributed by atoms with Crippen molar-refractivity contribution in [1.82, 2.24) is 24.8 Å². The van der Waals surface area contributed by atoms with Crippen molar-refractivity contribution in [3.63, 3.8) is 0 Å². The summed E-state index contributed by atoms with van der Waals surface area (Å²) in [5.74, 6) is 0.204. The molecule has 2 aliphatic rings. The van der Waals surface area contributed by atoms with Crippen molar-refractivity contribution in [3.8, 4) is 11.5 Å². The van der Waals surface area contributed by atoms with Gasteiger partial charge in [-0.05, 0) is 60.6 Å². The number of hydrogen-bond donors (Lipinski definition) is 2. The molecular weight excluding hydrogens is 616 g/mol. The molecular formula is C39H38N6O4. The summed E-state index contributed by atoms with van der Waals surface area (Å²) >= 11 is 0. The molecule has 248 valence electrons. The van der Waals surface area contributed by atoms with Crippen molar-refractivity contribution in [1.29, 1.82) is 0 Å². The molecule has 0 radical (unpaired) electrons. The molecule has 7 rings (SSSR count). The van der Waals surface area contributed by atoms with Gasteiger partial charge in [-0.1, -0.05) is 66.7 Å². The van der Waals surface area contributed by atoms with Gasteiger partial charge in [-0.2, -0.15) is 0 Å². The van der Waals surface area contributed by atoms with Gasteiger partial charge in [0, 0.05) is 30.4 Å². The van der Waals surface area contributed by atoms with Gasteiger partial charge in [0.1, 0.15) is 6.04 Å². The van der Waals surface area contributed by atoms with Crippen LogP contribution in [-0.4, -0.2) is 73.4 Å². The first-order chi connectivity index (χ1) is 23.9. The van der Waals surface area contributed by atoms with Gasteiger partial charge in [0.2, 0.25) is 17.7 Å². The fraction of sp³-hybridized carbons (Fsp3) is 0.282. The van der Waals surface area contributed by atoms with Gasteiger partial charge in [0.15, 0.2) is 11.6 Å². The summed E-state index contributed by atoms with van der Waals surface area (Å²) in [6.45, 7) is 1.17. The van der Waals surface area contributed by atoms with Gasteiger partial charge in [-0.15, -0.1) is 0 Å². The number of amides is 3. The first-order valence-corrected chi connectivity index (χ1v) is 16.9. The average Bonchev–Trinajstić information content (AvgIpc) is 3.90. The maximum absolute atomic E-state index is 13.4. The lowest BCUT2D eigenvalue weighted by Crippen LogP contribution is -2.43. The second-order valence-electron chi connectivity index (χ2n) is 12.8. The normalized spacial score (nSPS) is 17.4. The zero-order valence-electron chi connectivity index (χ0n) is 27.2.